The summed E-state index contributed by atoms with van der Waals surface area (Å²) in [5.41, 5.74) is 11.6. The highest BCUT2D eigenvalue weighted by molar-refractivity contribution is 7.92. The van der Waals surface area contributed by atoms with Gasteiger partial charge in [0.2, 0.25) is 0 Å². The van der Waals surface area contributed by atoms with E-state index >= 15 is 0 Å². The van der Waals surface area contributed by atoms with Crippen molar-refractivity contribution < 1.29 is 12.8 Å². The maximum absolute atomic E-state index is 13.1. The van der Waals surface area contributed by atoms with Crippen molar-refractivity contribution in [3.05, 3.63) is 64.9 Å². The summed E-state index contributed by atoms with van der Waals surface area (Å²) in [4.78, 5) is 0.153. The number of nitrogens with two attached hydrogens (primary N) is 2. The molecule has 0 unspecified atom stereocenters. The molecule has 0 aromatic heterocycles. The first kappa shape index (κ1) is 16.4. The van der Waals surface area contributed by atoms with Gasteiger partial charge in [-0.05, 0) is 42.0 Å². The Bertz CT molecular complexity index is 824. The molecule has 23 heavy (non-hydrogen) atoms. The van der Waals surface area contributed by atoms with E-state index in [9.17, 15) is 12.8 Å². The number of halogens is 2. The van der Waals surface area contributed by atoms with E-state index in [-0.39, 0.29) is 17.3 Å². The van der Waals surface area contributed by atoms with Crippen LogP contribution in [0, 0.1) is 5.82 Å². The molecule has 1 aliphatic carbocycles. The molecule has 1 aliphatic rings. The van der Waals surface area contributed by atoms with Gasteiger partial charge in [-0.1, -0.05) is 23.7 Å². The Labute approximate surface area is 139 Å². The van der Waals surface area contributed by atoms with Gasteiger partial charge in [-0.15, -0.1) is 0 Å². The van der Waals surface area contributed by atoms with Crippen molar-refractivity contribution in [2.45, 2.75) is 21.6 Å². The highest BCUT2D eigenvalue weighted by atomic mass is 35.5. The third-order valence-corrected chi connectivity index (χ3v) is 6.92. The molecule has 0 heterocycles. The fourth-order valence-corrected chi connectivity index (χ4v) is 5.51. The largest absolute Gasteiger partial charge is 0.329 e. The van der Waals surface area contributed by atoms with Crippen molar-refractivity contribution in [1.29, 1.82) is 0 Å². The molecule has 2 aromatic carbocycles. The lowest BCUT2D eigenvalue weighted by atomic mass is 10.1. The van der Waals surface area contributed by atoms with Gasteiger partial charge in [0.25, 0.3) is 0 Å². The molecule has 122 valence electrons. The summed E-state index contributed by atoms with van der Waals surface area (Å²) in [6.45, 7) is 0.0204. The zero-order chi connectivity index (χ0) is 16.8. The van der Waals surface area contributed by atoms with Crippen molar-refractivity contribution in [2.24, 2.45) is 11.5 Å². The molecule has 4 nitrogen and oxygen atoms in total. The van der Waals surface area contributed by atoms with Crippen LogP contribution in [0.25, 0.3) is 0 Å². The molecule has 3 rings (SSSR count). The molecule has 0 saturated heterocycles. The molecule has 0 bridgehead atoms. The number of benzene rings is 2. The fourth-order valence-electron chi connectivity index (χ4n) is 3.06. The topological polar surface area (TPSA) is 86.2 Å². The van der Waals surface area contributed by atoms with Gasteiger partial charge >= 0.3 is 0 Å². The van der Waals surface area contributed by atoms with Crippen molar-refractivity contribution in [3.63, 3.8) is 0 Å². The van der Waals surface area contributed by atoms with E-state index in [1.807, 2.05) is 0 Å². The van der Waals surface area contributed by atoms with Crippen LogP contribution in [0.2, 0.25) is 5.02 Å². The van der Waals surface area contributed by atoms with Gasteiger partial charge in [-0.2, -0.15) is 0 Å². The van der Waals surface area contributed by atoms with E-state index in [1.165, 1.54) is 36.4 Å². The van der Waals surface area contributed by atoms with E-state index in [0.29, 0.717) is 10.6 Å². The zero-order valence-corrected chi connectivity index (χ0v) is 13.7. The average molecular weight is 355 g/mol. The van der Waals surface area contributed by atoms with E-state index in [2.05, 4.69) is 0 Å². The number of rotatable bonds is 4. The van der Waals surface area contributed by atoms with Crippen LogP contribution in [-0.4, -0.2) is 25.8 Å². The molecule has 7 heteroatoms. The number of sulfone groups is 1. The highest BCUT2D eigenvalue weighted by Gasteiger charge is 2.68. The van der Waals surface area contributed by atoms with E-state index in [1.54, 1.807) is 12.1 Å². The van der Waals surface area contributed by atoms with Gasteiger partial charge in [0.05, 0.1) is 15.7 Å². The van der Waals surface area contributed by atoms with Crippen molar-refractivity contribution >= 4 is 21.4 Å². The predicted molar refractivity (Wildman–Crippen MR) is 87.5 cm³/mol. The van der Waals surface area contributed by atoms with E-state index < -0.39 is 26.5 Å². The summed E-state index contributed by atoms with van der Waals surface area (Å²) >= 11 is 5.80. The maximum atomic E-state index is 13.1. The smallest absolute Gasteiger partial charge is 0.183 e. The minimum absolute atomic E-state index is 0.0204. The van der Waals surface area contributed by atoms with Gasteiger partial charge in [0.1, 0.15) is 5.82 Å². The summed E-state index contributed by atoms with van der Waals surface area (Å²) in [5, 5.41) is -0.390. The maximum Gasteiger partial charge on any atom is 0.183 e. The van der Waals surface area contributed by atoms with Gasteiger partial charge in [-0.25, -0.2) is 12.8 Å². The summed E-state index contributed by atoms with van der Waals surface area (Å²) < 4.78 is 38.8. The van der Waals surface area contributed by atoms with Gasteiger partial charge in [0.15, 0.2) is 9.84 Å². The first-order valence-electron chi connectivity index (χ1n) is 7.04. The molecule has 2 aromatic rings. The third-order valence-electron chi connectivity index (χ3n) is 4.36. The fraction of sp³-hybridized carbons (Fsp3) is 0.250. The lowest BCUT2D eigenvalue weighted by Crippen LogP contribution is -2.39. The van der Waals surface area contributed by atoms with Crippen LogP contribution < -0.4 is 11.5 Å². The monoisotopic (exact) mass is 354 g/mol. The SMILES string of the molecule is NC[C@@]1(N)[C@H](S(=O)(=O)c2ccc(Cl)cc2)[C@@H]1c1ccc(F)cc1. The predicted octanol–water partition coefficient (Wildman–Crippen LogP) is 2.08. The van der Waals surface area contributed by atoms with Crippen LogP contribution in [0.1, 0.15) is 11.5 Å². The summed E-state index contributed by atoms with van der Waals surface area (Å²) in [6.07, 6.45) is 0. The molecule has 0 spiro atoms. The second kappa shape index (κ2) is 5.56. The molecular weight excluding hydrogens is 339 g/mol. The Morgan fingerprint density at radius 2 is 1.65 bits per heavy atom. The van der Waals surface area contributed by atoms with E-state index in [4.69, 9.17) is 23.1 Å². The molecule has 1 saturated carbocycles. The Morgan fingerprint density at radius 1 is 1.09 bits per heavy atom. The van der Waals surface area contributed by atoms with Gasteiger partial charge in [0, 0.05) is 17.5 Å². The second-order valence-electron chi connectivity index (χ2n) is 5.77. The number of hydrogen-bond acceptors (Lipinski definition) is 4. The standard InChI is InChI=1S/C16H16ClFN2O2S/c17-11-3-7-13(8-4-11)23(21,22)15-14(16(15,20)9-19)10-1-5-12(18)6-2-10/h1-8,14-15H,9,19-20H2/t14-,15+,16-/m0/s1. The normalized spacial score (nSPS) is 27.0. The average Bonchev–Trinajstić information content (AvgIpc) is 3.16. The van der Waals surface area contributed by atoms with Crippen LogP contribution in [0.4, 0.5) is 4.39 Å². The molecule has 0 aliphatic heterocycles. The zero-order valence-electron chi connectivity index (χ0n) is 12.1. The Morgan fingerprint density at radius 3 is 2.17 bits per heavy atom. The summed E-state index contributed by atoms with van der Waals surface area (Å²) in [7, 11) is -3.67. The Balaban J connectivity index is 2.01. The number of hydrogen-bond donors (Lipinski definition) is 2. The van der Waals surface area contributed by atoms with Crippen LogP contribution in [0.5, 0.6) is 0 Å². The van der Waals surface area contributed by atoms with E-state index in [0.717, 1.165) is 0 Å². The Kier molecular flexibility index (Phi) is 3.96. The molecular formula is C16H16ClFN2O2S. The van der Waals surface area contributed by atoms with Crippen LogP contribution in [-0.2, 0) is 9.84 Å². The summed E-state index contributed by atoms with van der Waals surface area (Å²) in [5.74, 6) is -0.851. The lowest BCUT2D eigenvalue weighted by Gasteiger charge is -2.09. The third kappa shape index (κ3) is 2.65. The highest BCUT2D eigenvalue weighted by Crippen LogP contribution is 2.55. The first-order valence-corrected chi connectivity index (χ1v) is 8.97. The van der Waals surface area contributed by atoms with Gasteiger partial charge in [-0.3, -0.25) is 0 Å². The quantitative estimate of drug-likeness (QED) is 0.880. The molecule has 0 amide bonds. The first-order chi connectivity index (χ1) is 10.8. The van der Waals surface area contributed by atoms with Crippen molar-refractivity contribution in [3.8, 4) is 0 Å². The van der Waals surface area contributed by atoms with Crippen LogP contribution in [0.3, 0.4) is 0 Å². The lowest BCUT2D eigenvalue weighted by molar-refractivity contribution is 0.586. The minimum Gasteiger partial charge on any atom is -0.329 e. The molecule has 4 N–H and O–H groups in total. The van der Waals surface area contributed by atoms with Crippen LogP contribution in [0.15, 0.2) is 53.4 Å². The second-order valence-corrected chi connectivity index (χ2v) is 8.27. The van der Waals surface area contributed by atoms with Crippen molar-refractivity contribution in [1.82, 2.24) is 0 Å². The van der Waals surface area contributed by atoms with Crippen molar-refractivity contribution in [2.75, 3.05) is 6.54 Å². The van der Waals surface area contributed by atoms with Gasteiger partial charge < -0.3 is 11.5 Å². The molecule has 1 fully saturated rings. The minimum atomic E-state index is -3.67. The summed E-state index contributed by atoms with van der Waals surface area (Å²) in [6, 6.07) is 11.6. The molecule has 3 atom stereocenters. The van der Waals surface area contributed by atoms with Crippen LogP contribution >= 0.6 is 11.6 Å². The Hall–Kier alpha value is -1.47. The molecule has 0 radical (unpaired) electrons.